The van der Waals surface area contributed by atoms with Gasteiger partial charge >= 0.3 is 0 Å². The van der Waals surface area contributed by atoms with E-state index in [1.54, 1.807) is 12.1 Å². The highest BCUT2D eigenvalue weighted by molar-refractivity contribution is 5.97. The molecular weight excluding hydrogens is 369 g/mol. The number of rotatable bonds is 8. The lowest BCUT2D eigenvalue weighted by Crippen LogP contribution is -2.02. The molecule has 0 amide bonds. The SMILES string of the molecule is CC(=O)c1cc2cc(F)ccc2[nH]1.CCCC(CCC(C)CC)c1cc(N)on1. The van der Waals surface area contributed by atoms with Gasteiger partial charge in [-0.05, 0) is 43.0 Å². The fraction of sp³-hybridized carbons (Fsp3) is 0.478. The summed E-state index contributed by atoms with van der Waals surface area (Å²) in [5, 5.41) is 4.77. The van der Waals surface area contributed by atoms with Crippen LogP contribution in [-0.2, 0) is 0 Å². The number of carbonyl (C=O) groups is 1. The monoisotopic (exact) mass is 401 g/mol. The highest BCUT2D eigenvalue weighted by atomic mass is 19.1. The normalized spacial score (nSPS) is 13.0. The van der Waals surface area contributed by atoms with Crippen LogP contribution in [0.4, 0.5) is 10.3 Å². The lowest BCUT2D eigenvalue weighted by molar-refractivity contribution is 0.101. The van der Waals surface area contributed by atoms with Crippen molar-refractivity contribution < 1.29 is 13.7 Å². The predicted octanol–water partition coefficient (Wildman–Crippen LogP) is 6.48. The second-order valence-electron chi connectivity index (χ2n) is 7.70. The number of ketones is 1. The number of aromatic nitrogens is 2. The van der Waals surface area contributed by atoms with Crippen LogP contribution >= 0.6 is 0 Å². The van der Waals surface area contributed by atoms with E-state index in [9.17, 15) is 9.18 Å². The maximum atomic E-state index is 12.7. The minimum absolute atomic E-state index is 0.0448. The summed E-state index contributed by atoms with van der Waals surface area (Å²) in [6, 6.07) is 7.91. The molecular formula is C23H32FN3O2. The van der Waals surface area contributed by atoms with Gasteiger partial charge in [-0.3, -0.25) is 4.79 Å². The molecule has 0 aliphatic carbocycles. The molecule has 0 aliphatic rings. The lowest BCUT2D eigenvalue weighted by atomic mass is 9.90. The van der Waals surface area contributed by atoms with Crippen LogP contribution in [0.1, 0.15) is 81.9 Å². The van der Waals surface area contributed by atoms with Crippen molar-refractivity contribution in [2.24, 2.45) is 5.92 Å². The molecule has 0 fully saturated rings. The number of anilines is 1. The molecule has 0 aliphatic heterocycles. The Balaban J connectivity index is 0.000000211. The van der Waals surface area contributed by atoms with Gasteiger partial charge in [0.15, 0.2) is 5.78 Å². The highest BCUT2D eigenvalue weighted by Gasteiger charge is 2.16. The molecule has 0 saturated heterocycles. The minimum Gasteiger partial charge on any atom is -0.368 e. The molecule has 2 unspecified atom stereocenters. The van der Waals surface area contributed by atoms with Crippen LogP contribution in [0.3, 0.4) is 0 Å². The summed E-state index contributed by atoms with van der Waals surface area (Å²) in [5.41, 5.74) is 7.89. The third-order valence-electron chi connectivity index (χ3n) is 5.27. The Bertz CT molecular complexity index is 916. The largest absolute Gasteiger partial charge is 0.368 e. The second kappa shape index (κ2) is 10.8. The highest BCUT2D eigenvalue weighted by Crippen LogP contribution is 2.28. The molecule has 5 nitrogen and oxygen atoms in total. The number of nitrogens with one attached hydrogen (secondary N) is 1. The Labute approximate surface area is 171 Å². The molecule has 0 bridgehead atoms. The van der Waals surface area contributed by atoms with E-state index in [2.05, 4.69) is 30.9 Å². The Kier molecular flexibility index (Phi) is 8.43. The van der Waals surface area contributed by atoms with Gasteiger partial charge in [0, 0.05) is 29.8 Å². The Hall–Kier alpha value is -2.63. The number of aromatic amines is 1. The zero-order valence-corrected chi connectivity index (χ0v) is 17.8. The number of nitrogens with two attached hydrogens (primary N) is 1. The van der Waals surface area contributed by atoms with E-state index >= 15 is 0 Å². The number of carbonyl (C=O) groups excluding carboxylic acids is 1. The summed E-state index contributed by atoms with van der Waals surface area (Å²) in [7, 11) is 0. The number of hydrogen-bond donors (Lipinski definition) is 2. The molecule has 6 heteroatoms. The van der Waals surface area contributed by atoms with Crippen LogP contribution in [0.25, 0.3) is 10.9 Å². The number of Topliss-reactive ketones (excluding diaryl/α,β-unsaturated/α-hetero) is 1. The number of nitrogen functional groups attached to an aromatic ring is 1. The maximum Gasteiger partial charge on any atom is 0.222 e. The van der Waals surface area contributed by atoms with Crippen LogP contribution in [0, 0.1) is 11.7 Å². The third kappa shape index (κ3) is 6.73. The minimum atomic E-state index is -0.290. The van der Waals surface area contributed by atoms with Gasteiger partial charge in [0.05, 0.1) is 11.4 Å². The predicted molar refractivity (Wildman–Crippen MR) is 116 cm³/mol. The van der Waals surface area contributed by atoms with Gasteiger partial charge in [-0.2, -0.15) is 0 Å². The third-order valence-corrected chi connectivity index (χ3v) is 5.27. The molecule has 3 aromatic rings. The molecule has 29 heavy (non-hydrogen) atoms. The van der Waals surface area contributed by atoms with Gasteiger partial charge in [-0.1, -0.05) is 45.2 Å². The molecule has 2 heterocycles. The van der Waals surface area contributed by atoms with E-state index in [0.717, 1.165) is 22.5 Å². The molecule has 0 spiro atoms. The number of nitrogens with zero attached hydrogens (tertiary/aromatic N) is 1. The summed E-state index contributed by atoms with van der Waals surface area (Å²) in [6.07, 6.45) is 6.04. The van der Waals surface area contributed by atoms with Crippen LogP contribution in [-0.4, -0.2) is 15.9 Å². The van der Waals surface area contributed by atoms with Gasteiger partial charge in [0.1, 0.15) is 5.82 Å². The number of hydrogen-bond acceptors (Lipinski definition) is 4. The van der Waals surface area contributed by atoms with Crippen molar-refractivity contribution in [1.82, 2.24) is 10.1 Å². The average Bonchev–Trinajstić information content (AvgIpc) is 3.31. The smallest absolute Gasteiger partial charge is 0.222 e. The van der Waals surface area contributed by atoms with E-state index in [0.29, 0.717) is 17.5 Å². The Morgan fingerprint density at radius 2 is 1.97 bits per heavy atom. The first-order valence-corrected chi connectivity index (χ1v) is 10.3. The van der Waals surface area contributed by atoms with Crippen molar-refractivity contribution in [3.63, 3.8) is 0 Å². The van der Waals surface area contributed by atoms with Gasteiger partial charge in [0.25, 0.3) is 0 Å². The maximum absolute atomic E-state index is 12.7. The van der Waals surface area contributed by atoms with Gasteiger partial charge < -0.3 is 15.2 Å². The molecule has 0 radical (unpaired) electrons. The standard InChI is InChI=1S/C13H24N2O.C10H8FNO/c1-4-6-11(8-7-10(3)5-2)12-9-13(14)16-15-12;1-6(13)10-5-7-4-8(11)2-3-9(7)12-10/h9-11H,4-8,14H2,1-3H3;2-5,12H,1H3. The molecule has 3 rings (SSSR count). The summed E-state index contributed by atoms with van der Waals surface area (Å²) in [4.78, 5) is 13.9. The molecule has 2 atom stereocenters. The van der Waals surface area contributed by atoms with Gasteiger partial charge in [0.2, 0.25) is 5.88 Å². The fourth-order valence-corrected chi connectivity index (χ4v) is 3.27. The van der Waals surface area contributed by atoms with Crippen LogP contribution in [0.5, 0.6) is 0 Å². The Morgan fingerprint density at radius 1 is 1.21 bits per heavy atom. The summed E-state index contributed by atoms with van der Waals surface area (Å²) in [6.45, 7) is 8.23. The summed E-state index contributed by atoms with van der Waals surface area (Å²) in [5.74, 6) is 1.40. The van der Waals surface area contributed by atoms with Crippen molar-refractivity contribution in [3.8, 4) is 0 Å². The van der Waals surface area contributed by atoms with Crippen molar-refractivity contribution in [2.75, 3.05) is 5.73 Å². The molecule has 1 aromatic carbocycles. The summed E-state index contributed by atoms with van der Waals surface area (Å²) >= 11 is 0. The molecule has 158 valence electrons. The first-order valence-electron chi connectivity index (χ1n) is 10.3. The van der Waals surface area contributed by atoms with Crippen LogP contribution < -0.4 is 5.73 Å². The second-order valence-corrected chi connectivity index (χ2v) is 7.70. The molecule has 3 N–H and O–H groups in total. The van der Waals surface area contributed by atoms with E-state index in [-0.39, 0.29) is 11.6 Å². The first-order chi connectivity index (χ1) is 13.8. The van der Waals surface area contributed by atoms with Crippen molar-refractivity contribution in [3.05, 3.63) is 47.5 Å². The number of halogens is 1. The zero-order chi connectivity index (χ0) is 21.4. The van der Waals surface area contributed by atoms with Crippen LogP contribution in [0.15, 0.2) is 34.9 Å². The van der Waals surface area contributed by atoms with Crippen molar-refractivity contribution >= 4 is 22.6 Å². The van der Waals surface area contributed by atoms with E-state index < -0.39 is 0 Å². The van der Waals surface area contributed by atoms with Gasteiger partial charge in [-0.15, -0.1) is 0 Å². The fourth-order valence-electron chi connectivity index (χ4n) is 3.27. The van der Waals surface area contributed by atoms with Crippen molar-refractivity contribution in [1.29, 1.82) is 0 Å². The number of fused-ring (bicyclic) bond motifs is 1. The topological polar surface area (TPSA) is 84.9 Å². The molecule has 0 saturated carbocycles. The quantitative estimate of drug-likeness (QED) is 0.423. The summed E-state index contributed by atoms with van der Waals surface area (Å²) < 4.78 is 17.7. The van der Waals surface area contributed by atoms with Crippen LogP contribution in [0.2, 0.25) is 0 Å². The Morgan fingerprint density at radius 3 is 2.55 bits per heavy atom. The zero-order valence-electron chi connectivity index (χ0n) is 17.8. The number of H-pyrrole nitrogens is 1. The van der Waals surface area contributed by atoms with E-state index in [1.807, 2.05) is 6.07 Å². The van der Waals surface area contributed by atoms with Crippen molar-refractivity contribution in [2.45, 2.75) is 65.7 Å². The molecule has 2 aromatic heterocycles. The van der Waals surface area contributed by atoms with E-state index in [1.165, 1.54) is 51.2 Å². The van der Waals surface area contributed by atoms with E-state index in [4.69, 9.17) is 10.3 Å². The lowest BCUT2D eigenvalue weighted by Gasteiger charge is -2.15. The van der Waals surface area contributed by atoms with Gasteiger partial charge in [-0.25, -0.2) is 4.39 Å². The first kappa shape index (κ1) is 22.7. The number of benzene rings is 1. The average molecular weight is 402 g/mol.